The number of carbonyl (C=O) groups is 1. The minimum Gasteiger partial charge on any atom is -0.331 e. The fourth-order valence-corrected chi connectivity index (χ4v) is 4.73. The normalized spacial score (nSPS) is 18.1. The first kappa shape index (κ1) is 18.7. The van der Waals surface area contributed by atoms with Gasteiger partial charge in [0.25, 0.3) is 0 Å². The molecule has 0 aromatic heterocycles. The first-order valence-electron chi connectivity index (χ1n) is 8.12. The van der Waals surface area contributed by atoms with Gasteiger partial charge in [0.2, 0.25) is 10.0 Å². The highest BCUT2D eigenvalue weighted by Crippen LogP contribution is 2.35. The van der Waals surface area contributed by atoms with Gasteiger partial charge in [-0.15, -0.1) is 0 Å². The van der Waals surface area contributed by atoms with Crippen molar-refractivity contribution in [1.29, 1.82) is 0 Å². The van der Waals surface area contributed by atoms with Gasteiger partial charge in [0.15, 0.2) is 0 Å². The number of amides is 2. The summed E-state index contributed by atoms with van der Waals surface area (Å²) in [5.41, 5.74) is 0.748. The lowest BCUT2D eigenvalue weighted by molar-refractivity contribution is 0.151. The molecule has 1 saturated heterocycles. The zero-order valence-electron chi connectivity index (χ0n) is 14.5. The van der Waals surface area contributed by atoms with Crippen LogP contribution < -0.4 is 0 Å². The second-order valence-electron chi connectivity index (χ2n) is 6.22. The first-order chi connectivity index (χ1) is 12.3. The standard InChI is InChI=1S/C18H20ClN3O3S/c1-20(2)18(23)21-12-13-22(17(21)14-6-4-3-5-7-14)26(24,25)16-10-8-15(19)9-11-16/h3-11,17H,12-13H2,1-2H3. The minimum atomic E-state index is -3.78. The van der Waals surface area contributed by atoms with Crippen LogP contribution in [0.15, 0.2) is 59.5 Å². The summed E-state index contributed by atoms with van der Waals surface area (Å²) >= 11 is 5.88. The van der Waals surface area contributed by atoms with E-state index in [0.29, 0.717) is 11.6 Å². The van der Waals surface area contributed by atoms with E-state index in [-0.39, 0.29) is 17.5 Å². The van der Waals surface area contributed by atoms with Crippen LogP contribution in [0.25, 0.3) is 0 Å². The lowest BCUT2D eigenvalue weighted by atomic mass is 10.1. The van der Waals surface area contributed by atoms with Crippen LogP contribution in [-0.4, -0.2) is 55.7 Å². The number of sulfonamides is 1. The fraction of sp³-hybridized carbons (Fsp3) is 0.278. The Bertz CT molecular complexity index is 886. The van der Waals surface area contributed by atoms with Crippen LogP contribution in [0.3, 0.4) is 0 Å². The Hall–Kier alpha value is -2.09. The van der Waals surface area contributed by atoms with Crippen LogP contribution in [0, 0.1) is 0 Å². The topological polar surface area (TPSA) is 60.9 Å². The van der Waals surface area contributed by atoms with E-state index in [4.69, 9.17) is 11.6 Å². The lowest BCUT2D eigenvalue weighted by Crippen LogP contribution is -2.42. The van der Waals surface area contributed by atoms with Gasteiger partial charge in [0.1, 0.15) is 6.17 Å². The molecule has 1 aliphatic heterocycles. The van der Waals surface area contributed by atoms with Crippen molar-refractivity contribution in [2.75, 3.05) is 27.2 Å². The maximum atomic E-state index is 13.2. The molecule has 1 fully saturated rings. The van der Waals surface area contributed by atoms with Gasteiger partial charge in [-0.05, 0) is 29.8 Å². The van der Waals surface area contributed by atoms with Crippen molar-refractivity contribution in [2.24, 2.45) is 0 Å². The molecule has 0 radical (unpaired) electrons. The van der Waals surface area contributed by atoms with Gasteiger partial charge in [0.05, 0.1) is 4.90 Å². The molecule has 2 amide bonds. The molecule has 26 heavy (non-hydrogen) atoms. The molecule has 1 atom stereocenters. The van der Waals surface area contributed by atoms with Crippen LogP contribution in [0.4, 0.5) is 4.79 Å². The maximum absolute atomic E-state index is 13.2. The summed E-state index contributed by atoms with van der Waals surface area (Å²) in [4.78, 5) is 15.8. The van der Waals surface area contributed by atoms with Gasteiger partial charge in [-0.3, -0.25) is 0 Å². The van der Waals surface area contributed by atoms with Crippen LogP contribution in [-0.2, 0) is 10.0 Å². The third-order valence-corrected chi connectivity index (χ3v) is 6.40. The second-order valence-corrected chi connectivity index (χ2v) is 8.55. The minimum absolute atomic E-state index is 0.155. The van der Waals surface area contributed by atoms with Crippen molar-refractivity contribution in [3.05, 3.63) is 65.2 Å². The number of halogens is 1. The van der Waals surface area contributed by atoms with Crippen molar-refractivity contribution in [1.82, 2.24) is 14.1 Å². The van der Waals surface area contributed by atoms with E-state index in [9.17, 15) is 13.2 Å². The molecule has 8 heteroatoms. The molecule has 2 aromatic carbocycles. The fourth-order valence-electron chi connectivity index (χ4n) is 3.03. The monoisotopic (exact) mass is 393 g/mol. The van der Waals surface area contributed by atoms with Gasteiger partial charge in [0, 0.05) is 32.2 Å². The molecule has 0 spiro atoms. The summed E-state index contributed by atoms with van der Waals surface area (Å²) in [5.74, 6) is 0. The summed E-state index contributed by atoms with van der Waals surface area (Å²) in [6.07, 6.45) is -0.688. The van der Waals surface area contributed by atoms with Crippen molar-refractivity contribution < 1.29 is 13.2 Å². The highest BCUT2D eigenvalue weighted by molar-refractivity contribution is 7.89. The second kappa shape index (κ2) is 7.26. The van der Waals surface area contributed by atoms with E-state index in [1.54, 1.807) is 31.1 Å². The van der Waals surface area contributed by atoms with Gasteiger partial charge >= 0.3 is 6.03 Å². The summed E-state index contributed by atoms with van der Waals surface area (Å²) in [6.45, 7) is 0.549. The van der Waals surface area contributed by atoms with E-state index in [2.05, 4.69) is 0 Å². The largest absolute Gasteiger partial charge is 0.331 e. The molecule has 138 valence electrons. The molecule has 0 bridgehead atoms. The number of rotatable bonds is 3. The van der Waals surface area contributed by atoms with Gasteiger partial charge < -0.3 is 9.80 Å². The molecular formula is C18H20ClN3O3S. The summed E-state index contributed by atoms with van der Waals surface area (Å²) < 4.78 is 27.8. The quantitative estimate of drug-likeness (QED) is 0.805. The average molecular weight is 394 g/mol. The number of hydrogen-bond donors (Lipinski definition) is 0. The van der Waals surface area contributed by atoms with Crippen molar-refractivity contribution in [3.8, 4) is 0 Å². The van der Waals surface area contributed by atoms with Gasteiger partial charge in [-0.25, -0.2) is 13.2 Å². The van der Waals surface area contributed by atoms with Gasteiger partial charge in [-0.1, -0.05) is 41.9 Å². The lowest BCUT2D eigenvalue weighted by Gasteiger charge is -2.31. The number of hydrogen-bond acceptors (Lipinski definition) is 3. The van der Waals surface area contributed by atoms with Crippen LogP contribution in [0.2, 0.25) is 5.02 Å². The summed E-state index contributed by atoms with van der Waals surface area (Å²) in [5, 5.41) is 0.467. The molecule has 2 aromatic rings. The van der Waals surface area contributed by atoms with E-state index in [1.165, 1.54) is 21.3 Å². The zero-order chi connectivity index (χ0) is 18.9. The molecule has 0 aliphatic carbocycles. The Kier molecular flexibility index (Phi) is 5.22. The Labute approximate surface area is 158 Å². The molecule has 1 heterocycles. The summed E-state index contributed by atoms with van der Waals surface area (Å²) in [7, 11) is -0.476. The van der Waals surface area contributed by atoms with Crippen LogP contribution >= 0.6 is 11.6 Å². The summed E-state index contributed by atoms with van der Waals surface area (Å²) in [6, 6.07) is 15.0. The van der Waals surface area contributed by atoms with E-state index in [1.807, 2.05) is 30.3 Å². The SMILES string of the molecule is CN(C)C(=O)N1CCN(S(=O)(=O)c2ccc(Cl)cc2)C1c1ccccc1. The molecule has 1 unspecified atom stereocenters. The van der Waals surface area contributed by atoms with E-state index < -0.39 is 16.2 Å². The van der Waals surface area contributed by atoms with Crippen molar-refractivity contribution in [3.63, 3.8) is 0 Å². The van der Waals surface area contributed by atoms with E-state index in [0.717, 1.165) is 5.56 Å². The number of benzene rings is 2. The highest BCUT2D eigenvalue weighted by atomic mass is 35.5. The third kappa shape index (κ3) is 3.42. The maximum Gasteiger partial charge on any atom is 0.321 e. The van der Waals surface area contributed by atoms with Crippen molar-refractivity contribution >= 4 is 27.7 Å². The molecule has 6 nitrogen and oxygen atoms in total. The van der Waals surface area contributed by atoms with Crippen LogP contribution in [0.1, 0.15) is 11.7 Å². The molecule has 0 saturated carbocycles. The van der Waals surface area contributed by atoms with Crippen LogP contribution in [0.5, 0.6) is 0 Å². The molecular weight excluding hydrogens is 374 g/mol. The molecule has 0 N–H and O–H groups in total. The Morgan fingerprint density at radius 2 is 1.65 bits per heavy atom. The van der Waals surface area contributed by atoms with E-state index >= 15 is 0 Å². The highest BCUT2D eigenvalue weighted by Gasteiger charge is 2.43. The molecule has 1 aliphatic rings. The Balaban J connectivity index is 2.05. The zero-order valence-corrected chi connectivity index (χ0v) is 16.1. The smallest absolute Gasteiger partial charge is 0.321 e. The number of urea groups is 1. The third-order valence-electron chi connectivity index (χ3n) is 4.28. The predicted molar refractivity (Wildman–Crippen MR) is 100 cm³/mol. The number of nitrogens with zero attached hydrogens (tertiary/aromatic N) is 3. The average Bonchev–Trinajstić information content (AvgIpc) is 3.08. The molecule has 3 rings (SSSR count). The van der Waals surface area contributed by atoms with Crippen molar-refractivity contribution in [2.45, 2.75) is 11.1 Å². The van der Waals surface area contributed by atoms with Gasteiger partial charge in [-0.2, -0.15) is 4.31 Å². The number of carbonyl (C=O) groups excluding carboxylic acids is 1. The predicted octanol–water partition coefficient (Wildman–Crippen LogP) is 3.03. The Morgan fingerprint density at radius 3 is 2.23 bits per heavy atom. The Morgan fingerprint density at radius 1 is 1.04 bits per heavy atom. The first-order valence-corrected chi connectivity index (χ1v) is 9.94.